The average Bonchev–Trinajstić information content (AvgIpc) is 3.01. The fraction of sp³-hybridized carbons (Fsp3) is 0.0526. The van der Waals surface area contributed by atoms with E-state index < -0.39 is 5.97 Å². The van der Waals surface area contributed by atoms with Crippen LogP contribution in [0.2, 0.25) is 5.02 Å². The number of hydrogen-bond acceptors (Lipinski definition) is 6. The molecule has 0 aliphatic carbocycles. The van der Waals surface area contributed by atoms with Crippen molar-refractivity contribution in [3.8, 4) is 11.8 Å². The molecule has 1 saturated heterocycles. The Bertz CT molecular complexity index is 1040. The highest BCUT2D eigenvalue weighted by Gasteiger charge is 2.24. The van der Waals surface area contributed by atoms with E-state index in [0.29, 0.717) is 21.5 Å². The molecule has 0 unspecified atom stereocenters. The van der Waals surface area contributed by atoms with Crippen molar-refractivity contribution in [3.63, 3.8) is 0 Å². The molecule has 0 radical (unpaired) electrons. The van der Waals surface area contributed by atoms with Gasteiger partial charge in [-0.3, -0.25) is 4.79 Å². The van der Waals surface area contributed by atoms with Gasteiger partial charge in [0, 0.05) is 0 Å². The number of aliphatic imine (C=N–C) groups is 1. The van der Waals surface area contributed by atoms with Crippen LogP contribution >= 0.6 is 23.4 Å². The Morgan fingerprint density at radius 3 is 2.75 bits per heavy atom. The molecule has 1 aliphatic heterocycles. The van der Waals surface area contributed by atoms with Crippen LogP contribution in [0.25, 0.3) is 6.08 Å². The third-order valence-corrected chi connectivity index (χ3v) is 4.78. The summed E-state index contributed by atoms with van der Waals surface area (Å²) in [5.74, 6) is -0.898. The van der Waals surface area contributed by atoms with Crippen molar-refractivity contribution < 1.29 is 19.4 Å². The molecule has 2 aromatic carbocycles. The number of carboxylic acid groups (broad SMARTS) is 1. The van der Waals surface area contributed by atoms with E-state index in [-0.39, 0.29) is 23.1 Å². The van der Waals surface area contributed by atoms with E-state index >= 15 is 0 Å². The number of thioether (sulfide) groups is 1. The Kier molecular flexibility index (Phi) is 5.99. The van der Waals surface area contributed by atoms with Gasteiger partial charge in [0.15, 0.2) is 11.8 Å². The molecule has 1 fully saturated rings. The van der Waals surface area contributed by atoms with Crippen LogP contribution < -0.4 is 10.1 Å². The summed E-state index contributed by atoms with van der Waals surface area (Å²) in [5.41, 5.74) is 1.08. The zero-order chi connectivity index (χ0) is 20.1. The molecule has 0 saturated carbocycles. The first-order valence-electron chi connectivity index (χ1n) is 7.88. The number of nitrogens with zero attached hydrogens (tertiary/aromatic N) is 2. The standard InChI is InChI=1S/C19H12ClN3O4S/c20-15-6-3-12(10-14(15)18(25)26)22-19-23-17(24)16(28-19)9-11-1-4-13(5-2-11)27-8-7-21/h1-6,9-10H,8H2,(H,25,26)(H,22,23,24)/b16-9-. The first kappa shape index (κ1) is 19.5. The molecule has 1 amide bonds. The summed E-state index contributed by atoms with van der Waals surface area (Å²) in [4.78, 5) is 28.0. The normalized spacial score (nSPS) is 16.1. The number of nitriles is 1. The largest absolute Gasteiger partial charge is 0.479 e. The van der Waals surface area contributed by atoms with Gasteiger partial charge in [0.25, 0.3) is 5.91 Å². The topological polar surface area (TPSA) is 112 Å². The highest BCUT2D eigenvalue weighted by atomic mass is 35.5. The minimum atomic E-state index is -1.15. The lowest BCUT2D eigenvalue weighted by atomic mass is 10.2. The highest BCUT2D eigenvalue weighted by molar-refractivity contribution is 8.18. The van der Waals surface area contributed by atoms with Crippen LogP contribution in [0, 0.1) is 11.3 Å². The summed E-state index contributed by atoms with van der Waals surface area (Å²) in [5, 5.41) is 20.7. The second-order valence-corrected chi connectivity index (χ2v) is 6.90. The fourth-order valence-corrected chi connectivity index (χ4v) is 3.31. The number of ether oxygens (including phenoxy) is 1. The molecule has 28 heavy (non-hydrogen) atoms. The minimum absolute atomic E-state index is 0.0349. The summed E-state index contributed by atoms with van der Waals surface area (Å²) in [7, 11) is 0. The van der Waals surface area contributed by atoms with Gasteiger partial charge in [0.05, 0.1) is 21.2 Å². The Balaban J connectivity index is 1.77. The molecule has 0 spiro atoms. The van der Waals surface area contributed by atoms with Crippen molar-refractivity contribution in [2.45, 2.75) is 0 Å². The predicted octanol–water partition coefficient (Wildman–Crippen LogP) is 3.83. The summed E-state index contributed by atoms with van der Waals surface area (Å²) >= 11 is 6.99. The number of halogens is 1. The van der Waals surface area contributed by atoms with Crippen molar-refractivity contribution >= 4 is 52.2 Å². The van der Waals surface area contributed by atoms with Crippen LogP contribution in [0.4, 0.5) is 5.69 Å². The molecule has 0 atom stereocenters. The number of amidine groups is 1. The number of carboxylic acids is 1. The van der Waals surface area contributed by atoms with E-state index in [2.05, 4.69) is 10.3 Å². The summed E-state index contributed by atoms with van der Waals surface area (Å²) in [6, 6.07) is 13.2. The first-order valence-corrected chi connectivity index (χ1v) is 9.08. The lowest BCUT2D eigenvalue weighted by Gasteiger charge is -2.01. The Morgan fingerprint density at radius 1 is 1.32 bits per heavy atom. The van der Waals surface area contributed by atoms with Crippen molar-refractivity contribution in [2.75, 3.05) is 6.61 Å². The van der Waals surface area contributed by atoms with Crippen LogP contribution in [-0.2, 0) is 4.79 Å². The van der Waals surface area contributed by atoms with Crippen LogP contribution in [0.1, 0.15) is 15.9 Å². The Hall–Kier alpha value is -3.28. The van der Waals surface area contributed by atoms with Gasteiger partial charge in [-0.25, -0.2) is 9.79 Å². The third-order valence-electron chi connectivity index (χ3n) is 3.54. The Morgan fingerprint density at radius 2 is 2.07 bits per heavy atom. The third kappa shape index (κ3) is 4.71. The van der Waals surface area contributed by atoms with Crippen molar-refractivity contribution in [3.05, 3.63) is 63.5 Å². The molecule has 9 heteroatoms. The summed E-state index contributed by atoms with van der Waals surface area (Å²) < 4.78 is 5.18. The molecular formula is C19H12ClN3O4S. The van der Waals surface area contributed by atoms with Gasteiger partial charge in [-0.2, -0.15) is 5.26 Å². The molecular weight excluding hydrogens is 402 g/mol. The number of benzene rings is 2. The number of nitrogens with one attached hydrogen (secondary N) is 1. The average molecular weight is 414 g/mol. The summed E-state index contributed by atoms with van der Waals surface area (Å²) in [6.07, 6.45) is 1.70. The molecule has 1 aliphatic rings. The van der Waals surface area contributed by atoms with Gasteiger partial charge in [-0.05, 0) is 53.7 Å². The highest BCUT2D eigenvalue weighted by Crippen LogP contribution is 2.29. The first-order chi connectivity index (χ1) is 13.5. The number of hydrogen-bond donors (Lipinski definition) is 2. The Labute approximate surface area is 169 Å². The van der Waals surface area contributed by atoms with E-state index in [9.17, 15) is 9.59 Å². The zero-order valence-corrected chi connectivity index (χ0v) is 15.8. The SMILES string of the molecule is N#CCOc1ccc(/C=C2\SC(=Nc3ccc(Cl)c(C(=O)O)c3)NC2=O)cc1. The fourth-order valence-electron chi connectivity index (χ4n) is 2.27. The molecule has 3 rings (SSSR count). The molecule has 0 bridgehead atoms. The van der Waals surface area contributed by atoms with Gasteiger partial charge in [-0.1, -0.05) is 23.7 Å². The molecule has 2 N–H and O–H groups in total. The van der Waals surface area contributed by atoms with Crippen molar-refractivity contribution in [1.82, 2.24) is 5.32 Å². The van der Waals surface area contributed by atoms with E-state index in [1.165, 1.54) is 12.1 Å². The van der Waals surface area contributed by atoms with Crippen LogP contribution in [0.15, 0.2) is 52.4 Å². The maximum absolute atomic E-state index is 12.2. The van der Waals surface area contributed by atoms with Crippen LogP contribution in [0.5, 0.6) is 5.75 Å². The van der Waals surface area contributed by atoms with Gasteiger partial charge >= 0.3 is 5.97 Å². The van der Waals surface area contributed by atoms with Gasteiger partial charge in [-0.15, -0.1) is 0 Å². The monoisotopic (exact) mass is 413 g/mol. The smallest absolute Gasteiger partial charge is 0.337 e. The predicted molar refractivity (Wildman–Crippen MR) is 107 cm³/mol. The van der Waals surface area contributed by atoms with E-state index in [4.69, 9.17) is 26.7 Å². The number of aromatic carboxylic acids is 1. The number of carbonyl (C=O) groups excluding carboxylic acids is 1. The lowest BCUT2D eigenvalue weighted by molar-refractivity contribution is -0.115. The maximum atomic E-state index is 12.2. The maximum Gasteiger partial charge on any atom is 0.337 e. The molecule has 7 nitrogen and oxygen atoms in total. The minimum Gasteiger partial charge on any atom is -0.479 e. The van der Waals surface area contributed by atoms with Crippen LogP contribution in [0.3, 0.4) is 0 Å². The molecule has 1 heterocycles. The zero-order valence-electron chi connectivity index (χ0n) is 14.2. The summed E-state index contributed by atoms with van der Waals surface area (Å²) in [6.45, 7) is -0.0349. The number of amides is 1. The quantitative estimate of drug-likeness (QED) is 0.720. The molecule has 0 aromatic heterocycles. The van der Waals surface area contributed by atoms with Gasteiger partial charge in [0.2, 0.25) is 0 Å². The van der Waals surface area contributed by atoms with Gasteiger partial charge in [0.1, 0.15) is 11.8 Å². The number of carbonyl (C=O) groups is 2. The van der Waals surface area contributed by atoms with E-state index in [0.717, 1.165) is 17.3 Å². The lowest BCUT2D eigenvalue weighted by Crippen LogP contribution is -2.19. The number of rotatable bonds is 5. The van der Waals surface area contributed by atoms with Crippen molar-refractivity contribution in [1.29, 1.82) is 5.26 Å². The van der Waals surface area contributed by atoms with Gasteiger partial charge < -0.3 is 15.2 Å². The van der Waals surface area contributed by atoms with E-state index in [1.807, 2.05) is 6.07 Å². The molecule has 2 aromatic rings. The second-order valence-electron chi connectivity index (χ2n) is 5.47. The molecule has 140 valence electrons. The van der Waals surface area contributed by atoms with Crippen LogP contribution in [-0.4, -0.2) is 28.8 Å². The van der Waals surface area contributed by atoms with Crippen molar-refractivity contribution in [2.24, 2.45) is 4.99 Å². The second kappa shape index (κ2) is 8.61. The van der Waals surface area contributed by atoms with E-state index in [1.54, 1.807) is 36.4 Å².